The van der Waals surface area contributed by atoms with Gasteiger partial charge < -0.3 is 15.5 Å². The number of benzene rings is 2. The summed E-state index contributed by atoms with van der Waals surface area (Å²) in [6.07, 6.45) is 4.33. The maximum absolute atomic E-state index is 12.1. The van der Waals surface area contributed by atoms with Crippen LogP contribution in [-0.4, -0.2) is 38.6 Å². The number of nitrogens with two attached hydrogens (primary N) is 1. The Balaban J connectivity index is 1.80. The summed E-state index contributed by atoms with van der Waals surface area (Å²) in [6.45, 7) is 0. The van der Waals surface area contributed by atoms with Crippen LogP contribution in [0.2, 0.25) is 0 Å². The van der Waals surface area contributed by atoms with Crippen LogP contribution in [-0.2, 0) is 0 Å². The van der Waals surface area contributed by atoms with E-state index in [-0.39, 0.29) is 5.92 Å². The summed E-state index contributed by atoms with van der Waals surface area (Å²) in [5.74, 6) is 1.39. The van der Waals surface area contributed by atoms with Crippen molar-refractivity contribution < 1.29 is 18.6 Å². The summed E-state index contributed by atoms with van der Waals surface area (Å²) in [6, 6.07) is 11.6. The van der Waals surface area contributed by atoms with Crippen LogP contribution in [0, 0.1) is 0 Å². The molecule has 1 amide bonds. The molecule has 1 unspecified atom stereocenters. The third-order valence-electron chi connectivity index (χ3n) is 5.77. The fourth-order valence-corrected chi connectivity index (χ4v) is 5.68. The van der Waals surface area contributed by atoms with Gasteiger partial charge in [-0.1, -0.05) is 12.1 Å². The van der Waals surface area contributed by atoms with E-state index < -0.39 is 16.5 Å². The second kappa shape index (κ2) is 7.74. The fraction of sp³-hybridized carbons (Fsp3) is 0.318. The van der Waals surface area contributed by atoms with Crippen LogP contribution >= 0.6 is 10.6 Å². The van der Waals surface area contributed by atoms with Crippen LogP contribution in [0.15, 0.2) is 42.6 Å². The summed E-state index contributed by atoms with van der Waals surface area (Å²) in [4.78, 5) is 15.4. The average molecular weight is 415 g/mol. The lowest BCUT2D eigenvalue weighted by atomic mass is 9.90. The highest BCUT2D eigenvalue weighted by atomic mass is 32.3. The van der Waals surface area contributed by atoms with Gasteiger partial charge in [0.2, 0.25) is 0 Å². The van der Waals surface area contributed by atoms with Gasteiger partial charge in [-0.25, -0.2) is 0 Å². The Labute approximate surface area is 171 Å². The van der Waals surface area contributed by atoms with E-state index in [1.54, 1.807) is 7.11 Å². The fourth-order valence-electron chi connectivity index (χ4n) is 4.18. The zero-order valence-corrected chi connectivity index (χ0v) is 17.2. The lowest BCUT2D eigenvalue weighted by Crippen LogP contribution is -2.11. The topological polar surface area (TPSA) is 109 Å². The lowest BCUT2D eigenvalue weighted by molar-refractivity contribution is 0.100. The van der Waals surface area contributed by atoms with Crippen LogP contribution in [0.4, 0.5) is 0 Å². The van der Waals surface area contributed by atoms with Crippen molar-refractivity contribution in [3.63, 3.8) is 0 Å². The number of methoxy groups -OCH3 is 1. The third-order valence-corrected chi connectivity index (χ3v) is 7.60. The largest absolute Gasteiger partial charge is 0.497 e. The van der Waals surface area contributed by atoms with Crippen molar-refractivity contribution in [2.75, 3.05) is 18.6 Å². The van der Waals surface area contributed by atoms with Crippen molar-refractivity contribution >= 4 is 27.4 Å². The first-order chi connectivity index (χ1) is 13.9. The van der Waals surface area contributed by atoms with Crippen LogP contribution < -0.4 is 10.5 Å². The first-order valence-corrected chi connectivity index (χ1v) is 11.6. The first-order valence-electron chi connectivity index (χ1n) is 9.71. The molecule has 1 atom stereocenters. The van der Waals surface area contributed by atoms with Gasteiger partial charge in [-0.2, -0.15) is 10.6 Å². The minimum atomic E-state index is -2.47. The molecule has 29 heavy (non-hydrogen) atoms. The highest BCUT2D eigenvalue weighted by Gasteiger charge is 2.25. The molecule has 6 nitrogen and oxygen atoms in total. The Kier molecular flexibility index (Phi) is 5.29. The number of amides is 1. The number of nitrogens with one attached hydrogen (secondary N) is 1. The minimum absolute atomic E-state index is 0.212. The van der Waals surface area contributed by atoms with Gasteiger partial charge >= 0.3 is 0 Å². The molecule has 1 aliphatic rings. The molecule has 2 heterocycles. The van der Waals surface area contributed by atoms with E-state index in [4.69, 9.17) is 10.5 Å². The van der Waals surface area contributed by atoms with Crippen LogP contribution in [0.1, 0.15) is 41.1 Å². The zero-order valence-electron chi connectivity index (χ0n) is 16.4. The molecule has 1 fully saturated rings. The molecule has 0 aliphatic carbocycles. The first kappa shape index (κ1) is 19.8. The highest BCUT2D eigenvalue weighted by Crippen LogP contribution is 2.47. The quantitative estimate of drug-likeness (QED) is 0.484. The smallest absolute Gasteiger partial charge is 0.250 e. The molecule has 2 aromatic carbocycles. The number of aromatic amines is 1. The van der Waals surface area contributed by atoms with Crippen molar-refractivity contribution in [2.24, 2.45) is 5.73 Å². The average Bonchev–Trinajstić information content (AvgIpc) is 3.04. The van der Waals surface area contributed by atoms with Crippen LogP contribution in [0.5, 0.6) is 5.75 Å². The predicted octanol–water partition coefficient (Wildman–Crippen LogP) is 4.96. The molecule has 154 valence electrons. The standard InChI is InChI=1S/C22H26N2O4S/c1-28-17-6-4-14(5-7-17)16-11-18-20(13-24-21(18)19(12-16)22(23)25)15-3-2-9-29(26,27)10-8-15/h4-7,11-13,15,24,26-27H,2-3,8-10H2,1H3,(H2,23,25). The van der Waals surface area contributed by atoms with E-state index in [2.05, 4.69) is 11.1 Å². The summed E-state index contributed by atoms with van der Waals surface area (Å²) in [5, 5.41) is 0.968. The van der Waals surface area contributed by atoms with E-state index in [1.165, 1.54) is 0 Å². The third kappa shape index (κ3) is 3.99. The molecular formula is C22H26N2O4S. The molecule has 5 N–H and O–H groups in total. The van der Waals surface area contributed by atoms with Crippen LogP contribution in [0.3, 0.4) is 0 Å². The van der Waals surface area contributed by atoms with Gasteiger partial charge in [0.05, 0.1) is 18.2 Å². The molecule has 0 radical (unpaired) electrons. The summed E-state index contributed by atoms with van der Waals surface area (Å²) < 4.78 is 25.4. The van der Waals surface area contributed by atoms with Gasteiger partial charge in [0.15, 0.2) is 0 Å². The van der Waals surface area contributed by atoms with E-state index in [1.807, 2.05) is 36.5 Å². The number of hydrogen-bond acceptors (Lipinski definition) is 4. The van der Waals surface area contributed by atoms with Gasteiger partial charge in [-0.3, -0.25) is 13.9 Å². The van der Waals surface area contributed by atoms with Gasteiger partial charge in [0.1, 0.15) is 5.75 Å². The van der Waals surface area contributed by atoms with E-state index >= 15 is 0 Å². The van der Waals surface area contributed by atoms with Crippen molar-refractivity contribution in [1.29, 1.82) is 0 Å². The van der Waals surface area contributed by atoms with Crippen molar-refractivity contribution in [1.82, 2.24) is 4.98 Å². The number of primary amides is 1. The second-order valence-electron chi connectivity index (χ2n) is 7.62. The van der Waals surface area contributed by atoms with Crippen molar-refractivity contribution in [3.05, 3.63) is 53.7 Å². The molecular weight excluding hydrogens is 388 g/mol. The molecule has 0 spiro atoms. The molecule has 0 bridgehead atoms. The molecule has 7 heteroatoms. The SMILES string of the molecule is COc1ccc(-c2cc(C(N)=O)c3[nH]cc(C4CCCS(O)(O)CC4)c3c2)cc1. The molecule has 4 rings (SSSR count). The number of H-pyrrole nitrogens is 1. The Morgan fingerprint density at radius 2 is 1.90 bits per heavy atom. The summed E-state index contributed by atoms with van der Waals surface area (Å²) in [5.41, 5.74) is 9.86. The van der Waals surface area contributed by atoms with Crippen molar-refractivity contribution in [2.45, 2.75) is 25.2 Å². The normalized spacial score (nSPS) is 20.2. The Bertz CT molecular complexity index is 1040. The lowest BCUT2D eigenvalue weighted by Gasteiger charge is -2.30. The maximum Gasteiger partial charge on any atom is 0.250 e. The number of ether oxygens (including phenoxy) is 1. The van der Waals surface area contributed by atoms with Gasteiger partial charge in [-0.05, 0) is 66.1 Å². The number of carbonyl (C=O) groups is 1. The Morgan fingerprint density at radius 1 is 1.14 bits per heavy atom. The summed E-state index contributed by atoms with van der Waals surface area (Å²) in [7, 11) is -0.847. The maximum atomic E-state index is 12.1. The molecule has 1 aliphatic heterocycles. The second-order valence-corrected chi connectivity index (χ2v) is 10.0. The highest BCUT2D eigenvalue weighted by molar-refractivity contribution is 8.24. The molecule has 1 aromatic heterocycles. The van der Waals surface area contributed by atoms with Gasteiger partial charge in [0.25, 0.3) is 5.91 Å². The number of rotatable bonds is 4. The number of fused-ring (bicyclic) bond motifs is 1. The molecule has 1 saturated heterocycles. The van der Waals surface area contributed by atoms with Crippen molar-refractivity contribution in [3.8, 4) is 16.9 Å². The van der Waals surface area contributed by atoms with E-state index in [0.717, 1.165) is 46.2 Å². The number of hydrogen-bond donors (Lipinski definition) is 4. The predicted molar refractivity (Wildman–Crippen MR) is 118 cm³/mol. The monoisotopic (exact) mass is 414 g/mol. The van der Waals surface area contributed by atoms with E-state index in [9.17, 15) is 13.9 Å². The molecule has 0 saturated carbocycles. The summed E-state index contributed by atoms with van der Waals surface area (Å²) >= 11 is 0. The zero-order chi connectivity index (χ0) is 20.6. The number of carbonyl (C=O) groups excluding carboxylic acids is 1. The van der Waals surface area contributed by atoms with E-state index in [0.29, 0.717) is 23.5 Å². The Morgan fingerprint density at radius 3 is 2.59 bits per heavy atom. The Hall–Kier alpha value is -2.48. The van der Waals surface area contributed by atoms with Gasteiger partial charge in [0, 0.05) is 23.1 Å². The van der Waals surface area contributed by atoms with Crippen LogP contribution in [0.25, 0.3) is 22.0 Å². The molecule has 3 aromatic rings. The minimum Gasteiger partial charge on any atom is -0.497 e. The van der Waals surface area contributed by atoms with Gasteiger partial charge in [-0.15, -0.1) is 0 Å². The number of aromatic nitrogens is 1.